The minimum atomic E-state index is -3.56. The number of nitrogens with one attached hydrogen (secondary N) is 1. The molecule has 0 spiro atoms. The van der Waals surface area contributed by atoms with E-state index in [4.69, 9.17) is 5.11 Å². The lowest BCUT2D eigenvalue weighted by molar-refractivity contribution is -0.137. The van der Waals surface area contributed by atoms with E-state index in [1.54, 1.807) is 0 Å². The maximum atomic E-state index is 12.6. The molecule has 2 N–H and O–H groups in total. The van der Waals surface area contributed by atoms with E-state index in [0.29, 0.717) is 25.1 Å². The van der Waals surface area contributed by atoms with Crippen LogP contribution in [0.2, 0.25) is 0 Å². The summed E-state index contributed by atoms with van der Waals surface area (Å²) in [4.78, 5) is 22.6. The highest BCUT2D eigenvalue weighted by molar-refractivity contribution is 7.89. The van der Waals surface area contributed by atoms with Crippen molar-refractivity contribution < 1.29 is 23.1 Å². The molecule has 0 atom stereocenters. The average molecular weight is 370 g/mol. The Morgan fingerprint density at radius 1 is 1.08 bits per heavy atom. The summed E-state index contributed by atoms with van der Waals surface area (Å²) in [6.45, 7) is 5.03. The Balaban J connectivity index is 2.77. The van der Waals surface area contributed by atoms with Gasteiger partial charge in [0.05, 0.1) is 4.90 Å². The van der Waals surface area contributed by atoms with Crippen molar-refractivity contribution in [2.24, 2.45) is 0 Å². The van der Waals surface area contributed by atoms with Gasteiger partial charge < -0.3 is 10.4 Å². The fourth-order valence-electron chi connectivity index (χ4n) is 2.32. The molecular weight excluding hydrogens is 344 g/mol. The number of carboxylic acids is 1. The van der Waals surface area contributed by atoms with E-state index in [-0.39, 0.29) is 23.8 Å². The van der Waals surface area contributed by atoms with Gasteiger partial charge in [0.1, 0.15) is 0 Å². The van der Waals surface area contributed by atoms with Crippen LogP contribution in [0.3, 0.4) is 0 Å². The molecule has 1 aromatic rings. The van der Waals surface area contributed by atoms with E-state index in [0.717, 1.165) is 12.8 Å². The van der Waals surface area contributed by atoms with Crippen LogP contribution in [0.1, 0.15) is 49.9 Å². The van der Waals surface area contributed by atoms with E-state index in [9.17, 15) is 18.0 Å². The highest BCUT2D eigenvalue weighted by atomic mass is 32.2. The Morgan fingerprint density at radius 2 is 1.64 bits per heavy atom. The van der Waals surface area contributed by atoms with Gasteiger partial charge in [0.15, 0.2) is 0 Å². The van der Waals surface area contributed by atoms with Crippen LogP contribution in [0.4, 0.5) is 0 Å². The molecule has 0 saturated heterocycles. The molecule has 0 aromatic heterocycles. The molecule has 0 aliphatic heterocycles. The van der Waals surface area contributed by atoms with Crippen molar-refractivity contribution in [3.8, 4) is 0 Å². The van der Waals surface area contributed by atoms with Crippen molar-refractivity contribution in [2.45, 2.75) is 44.4 Å². The summed E-state index contributed by atoms with van der Waals surface area (Å²) in [5, 5.41) is 11.2. The minimum absolute atomic E-state index is 0.0118. The molecule has 1 rings (SSSR count). The van der Waals surface area contributed by atoms with Gasteiger partial charge in [-0.05, 0) is 43.5 Å². The molecule has 0 unspecified atom stereocenters. The number of aliphatic carboxylic acids is 1. The Kier molecular flexibility index (Phi) is 8.57. The van der Waals surface area contributed by atoms with Crippen LogP contribution in [0, 0.1) is 0 Å². The van der Waals surface area contributed by atoms with E-state index in [1.807, 2.05) is 13.8 Å². The van der Waals surface area contributed by atoms with Gasteiger partial charge in [-0.3, -0.25) is 9.59 Å². The van der Waals surface area contributed by atoms with E-state index in [2.05, 4.69) is 5.32 Å². The van der Waals surface area contributed by atoms with Crippen molar-refractivity contribution in [3.05, 3.63) is 29.8 Å². The first-order valence-electron chi connectivity index (χ1n) is 8.43. The first-order valence-corrected chi connectivity index (χ1v) is 9.87. The molecule has 0 fully saturated rings. The second-order valence-electron chi connectivity index (χ2n) is 5.68. The number of sulfonamides is 1. The summed E-state index contributed by atoms with van der Waals surface area (Å²) in [5.41, 5.74) is 0.340. The number of carbonyl (C=O) groups excluding carboxylic acids is 1. The summed E-state index contributed by atoms with van der Waals surface area (Å²) in [5.74, 6) is -1.26. The zero-order valence-corrected chi connectivity index (χ0v) is 15.5. The zero-order chi connectivity index (χ0) is 18.9. The first-order chi connectivity index (χ1) is 11.8. The molecular formula is C17H26N2O5S. The van der Waals surface area contributed by atoms with Crippen LogP contribution in [-0.2, 0) is 14.8 Å². The molecule has 140 valence electrons. The van der Waals surface area contributed by atoms with Gasteiger partial charge in [-0.15, -0.1) is 0 Å². The van der Waals surface area contributed by atoms with E-state index < -0.39 is 16.0 Å². The fraction of sp³-hybridized carbons (Fsp3) is 0.529. The lowest BCUT2D eigenvalue weighted by atomic mass is 10.2. The van der Waals surface area contributed by atoms with Gasteiger partial charge in [0.25, 0.3) is 5.91 Å². The summed E-state index contributed by atoms with van der Waals surface area (Å²) >= 11 is 0. The second kappa shape index (κ2) is 10.1. The van der Waals surface area contributed by atoms with Crippen LogP contribution in [0.15, 0.2) is 29.2 Å². The summed E-state index contributed by atoms with van der Waals surface area (Å²) in [6, 6.07) is 5.80. The topological polar surface area (TPSA) is 104 Å². The molecule has 8 heteroatoms. The molecule has 1 amide bonds. The van der Waals surface area contributed by atoms with Crippen LogP contribution < -0.4 is 5.32 Å². The highest BCUT2D eigenvalue weighted by Gasteiger charge is 2.23. The Morgan fingerprint density at radius 3 is 2.12 bits per heavy atom. The average Bonchev–Trinajstić information content (AvgIpc) is 2.58. The molecule has 7 nitrogen and oxygen atoms in total. The van der Waals surface area contributed by atoms with Gasteiger partial charge >= 0.3 is 5.97 Å². The summed E-state index contributed by atoms with van der Waals surface area (Å²) < 4.78 is 26.7. The quantitative estimate of drug-likeness (QED) is 0.581. The third-order valence-electron chi connectivity index (χ3n) is 3.55. The largest absolute Gasteiger partial charge is 0.481 e. The van der Waals surface area contributed by atoms with Crippen LogP contribution in [-0.4, -0.2) is 49.3 Å². The maximum Gasteiger partial charge on any atom is 0.303 e. The van der Waals surface area contributed by atoms with Crippen molar-refractivity contribution in [2.75, 3.05) is 19.6 Å². The fourth-order valence-corrected chi connectivity index (χ4v) is 3.95. The third kappa shape index (κ3) is 6.47. The van der Waals surface area contributed by atoms with E-state index in [1.165, 1.54) is 28.6 Å². The number of amides is 1. The second-order valence-corrected chi connectivity index (χ2v) is 7.62. The normalized spacial score (nSPS) is 11.5. The van der Waals surface area contributed by atoms with Crippen molar-refractivity contribution >= 4 is 21.9 Å². The summed E-state index contributed by atoms with van der Waals surface area (Å²) in [7, 11) is -3.56. The summed E-state index contributed by atoms with van der Waals surface area (Å²) in [6.07, 6.45) is 1.80. The number of nitrogens with zero attached hydrogens (tertiary/aromatic N) is 1. The highest BCUT2D eigenvalue weighted by Crippen LogP contribution is 2.17. The lowest BCUT2D eigenvalue weighted by Crippen LogP contribution is -2.32. The SMILES string of the molecule is CCCN(CCC)S(=O)(=O)c1ccc(C(=O)NCCCC(=O)O)cc1. The molecule has 25 heavy (non-hydrogen) atoms. The molecule has 0 aliphatic rings. The lowest BCUT2D eigenvalue weighted by Gasteiger charge is -2.21. The van der Waals surface area contributed by atoms with Crippen molar-refractivity contribution in [3.63, 3.8) is 0 Å². The van der Waals surface area contributed by atoms with Gasteiger partial charge in [0.2, 0.25) is 10.0 Å². The number of carboxylic acid groups (broad SMARTS) is 1. The monoisotopic (exact) mass is 370 g/mol. The molecule has 0 heterocycles. The predicted octanol–water partition coefficient (Wildman–Crippen LogP) is 2.09. The van der Waals surface area contributed by atoms with Gasteiger partial charge in [-0.1, -0.05) is 13.8 Å². The van der Waals surface area contributed by atoms with Gasteiger partial charge in [-0.25, -0.2) is 8.42 Å². The maximum absolute atomic E-state index is 12.6. The Labute approximate surface area is 149 Å². The van der Waals surface area contributed by atoms with E-state index >= 15 is 0 Å². The number of hydrogen-bond acceptors (Lipinski definition) is 4. The first kappa shape index (κ1) is 21.1. The zero-order valence-electron chi connectivity index (χ0n) is 14.7. The number of rotatable bonds is 11. The molecule has 0 radical (unpaired) electrons. The van der Waals surface area contributed by atoms with Gasteiger partial charge in [0, 0.05) is 31.6 Å². The van der Waals surface area contributed by atoms with Gasteiger partial charge in [-0.2, -0.15) is 4.31 Å². The number of hydrogen-bond donors (Lipinski definition) is 2. The minimum Gasteiger partial charge on any atom is -0.481 e. The van der Waals surface area contributed by atoms with Crippen molar-refractivity contribution in [1.29, 1.82) is 0 Å². The molecule has 0 bridgehead atoms. The molecule has 1 aromatic carbocycles. The predicted molar refractivity (Wildman–Crippen MR) is 95.0 cm³/mol. The van der Waals surface area contributed by atoms with Crippen LogP contribution >= 0.6 is 0 Å². The molecule has 0 saturated carbocycles. The van der Waals surface area contributed by atoms with Crippen LogP contribution in [0.5, 0.6) is 0 Å². The smallest absolute Gasteiger partial charge is 0.303 e. The number of carbonyl (C=O) groups is 2. The van der Waals surface area contributed by atoms with Crippen LogP contribution in [0.25, 0.3) is 0 Å². The third-order valence-corrected chi connectivity index (χ3v) is 5.47. The Hall–Kier alpha value is -1.93. The Bertz CT molecular complexity index is 665. The number of benzene rings is 1. The van der Waals surface area contributed by atoms with Crippen molar-refractivity contribution in [1.82, 2.24) is 9.62 Å². The molecule has 0 aliphatic carbocycles. The standard InChI is InChI=1S/C17H26N2O5S/c1-3-12-19(13-4-2)25(23,24)15-9-7-14(8-10-15)17(22)18-11-5-6-16(20)21/h7-10H,3-6,11-13H2,1-2H3,(H,18,22)(H,20,21).